The third kappa shape index (κ3) is 12.2. The Labute approximate surface area is 721 Å². The molecule has 16 aromatic carbocycles. The van der Waals surface area contributed by atoms with Gasteiger partial charge in [-0.3, -0.25) is 0 Å². The van der Waals surface area contributed by atoms with Crippen LogP contribution in [0.4, 0.5) is 62.6 Å². The fourth-order valence-electron chi connectivity index (χ4n) is 19.5. The predicted octanol–water partition coefficient (Wildman–Crippen LogP) is 28.7. The molecule has 0 fully saturated rings. The molecule has 0 amide bonds. The van der Waals surface area contributed by atoms with Gasteiger partial charge < -0.3 is 28.7 Å². The smallest absolute Gasteiger partial charge is 0.252 e. The van der Waals surface area contributed by atoms with Gasteiger partial charge in [-0.25, -0.2) is 0 Å². The molecular formula is C114H93BN6. The van der Waals surface area contributed by atoms with Crippen molar-refractivity contribution in [2.24, 2.45) is 0 Å². The van der Waals surface area contributed by atoms with Gasteiger partial charge in [-0.05, 0) is 234 Å². The molecule has 0 saturated carbocycles. The quantitative estimate of drug-likeness (QED) is 0.114. The molecule has 22 rings (SSSR count). The topological polar surface area (TPSA) is 22.8 Å². The first-order valence-corrected chi connectivity index (χ1v) is 42.2. The van der Waals surface area contributed by atoms with E-state index in [0.29, 0.717) is 5.69 Å². The molecule has 2 unspecified atom stereocenters. The summed E-state index contributed by atoms with van der Waals surface area (Å²) in [6.07, 6.45) is 8.99. The van der Waals surface area contributed by atoms with Crippen molar-refractivity contribution < 1.29 is 11.0 Å². The van der Waals surface area contributed by atoms with Crippen LogP contribution >= 0.6 is 0 Å². The van der Waals surface area contributed by atoms with Crippen LogP contribution in [0.2, 0.25) is 0 Å². The van der Waals surface area contributed by atoms with E-state index in [1.165, 1.54) is 22.4 Å². The van der Waals surface area contributed by atoms with Crippen LogP contribution in [0.15, 0.2) is 388 Å². The monoisotopic (exact) mass is 1560 g/mol. The van der Waals surface area contributed by atoms with Crippen molar-refractivity contribution in [3.05, 3.63) is 410 Å². The molecule has 18 aromatic rings. The molecule has 6 nitrogen and oxygen atoms in total. The van der Waals surface area contributed by atoms with E-state index in [4.69, 9.17) is 0 Å². The Hall–Kier alpha value is -14.1. The zero-order valence-electron chi connectivity index (χ0n) is 77.2. The van der Waals surface area contributed by atoms with Gasteiger partial charge in [-0.2, -0.15) is 0 Å². The number of allylic oxidation sites excluding steroid dienone is 2. The van der Waals surface area contributed by atoms with Gasteiger partial charge in [-0.15, -0.1) is 0 Å². The van der Waals surface area contributed by atoms with Gasteiger partial charge in [0, 0.05) is 101 Å². The second kappa shape index (κ2) is 28.3. The number of aromatic nitrogens is 2. The standard InChI is InChI=1S/C114H93BN6/c1-112(2,3)80-51-61-104-96(66-80)97-67-81(113(4,5)6)52-62-105(97)119(104)89-72-108-110-109(73-89)121(111-94(76-37-19-12-20-38-76)68-82(114(7,8)9)69-95(111)77-39-21-13-22-40-77)107-71-87(118-102-49-31-27-45-92(102)93-46-28-32-50-103(93)118)58-60-99(107)115(110)98-59-57-86(70-106(98)120(108)88-64-78(74-33-15-10-16-34-74)63-79(65-88)75-35-17-11-18-36-75)116(83-41-23-14-24-42-83)84-53-55-85(56-54-84)117-100-47-29-25-43-90(100)91-44-26-30-48-101(91)117/h10-73,90,100H,1-9H3/i27D,28D,31D,32D,45D,46D,49D,50D. The lowest BCUT2D eigenvalue weighted by Gasteiger charge is -2.46. The van der Waals surface area contributed by atoms with Crippen molar-refractivity contribution in [2.75, 3.05) is 19.6 Å². The summed E-state index contributed by atoms with van der Waals surface area (Å²) in [7, 11) is 0. The Bertz CT molecular complexity index is 7470. The molecule has 582 valence electrons. The average Bonchev–Trinajstić information content (AvgIpc) is 1.45. The highest BCUT2D eigenvalue weighted by Crippen LogP contribution is 2.56. The van der Waals surface area contributed by atoms with E-state index in [-0.39, 0.29) is 62.1 Å². The summed E-state index contributed by atoms with van der Waals surface area (Å²) in [5, 5.41) is 2.24. The van der Waals surface area contributed by atoms with E-state index < -0.39 is 43.0 Å². The van der Waals surface area contributed by atoms with Gasteiger partial charge in [0.25, 0.3) is 6.71 Å². The van der Waals surface area contributed by atoms with Crippen molar-refractivity contribution in [3.8, 4) is 55.9 Å². The number of para-hydroxylation sites is 4. The maximum absolute atomic E-state index is 10.1. The lowest BCUT2D eigenvalue weighted by molar-refractivity contribution is 0.590. The fraction of sp³-hybridized carbons (Fsp3) is 0.123. The van der Waals surface area contributed by atoms with Gasteiger partial charge in [0.15, 0.2) is 0 Å². The third-order valence-electron chi connectivity index (χ3n) is 25.4. The number of fused-ring (bicyclic) bond motifs is 13. The summed E-state index contributed by atoms with van der Waals surface area (Å²) in [4.78, 5) is 9.89. The molecule has 7 heteroatoms. The highest BCUT2D eigenvalue weighted by atomic mass is 15.2. The van der Waals surface area contributed by atoms with E-state index in [2.05, 4.69) is 420 Å². The first-order valence-electron chi connectivity index (χ1n) is 46.2. The number of hydrogen-bond donors (Lipinski definition) is 0. The Morgan fingerprint density at radius 1 is 0.314 bits per heavy atom. The van der Waals surface area contributed by atoms with Crippen LogP contribution < -0.4 is 36.0 Å². The van der Waals surface area contributed by atoms with Crippen LogP contribution in [0.5, 0.6) is 0 Å². The molecule has 1 aliphatic carbocycles. The van der Waals surface area contributed by atoms with Crippen LogP contribution in [-0.4, -0.2) is 21.9 Å². The Morgan fingerprint density at radius 2 is 0.769 bits per heavy atom. The second-order valence-corrected chi connectivity index (χ2v) is 35.9. The molecular weight excluding hydrogens is 1460 g/mol. The Kier molecular flexibility index (Phi) is 15.2. The lowest BCUT2D eigenvalue weighted by atomic mass is 9.33. The summed E-state index contributed by atoms with van der Waals surface area (Å²) < 4.78 is 81.2. The predicted molar refractivity (Wildman–Crippen MR) is 515 cm³/mol. The van der Waals surface area contributed by atoms with Gasteiger partial charge in [-0.1, -0.05) is 305 Å². The summed E-state index contributed by atoms with van der Waals surface area (Å²) >= 11 is 0. The minimum Gasteiger partial charge on any atom is -0.333 e. The molecule has 0 spiro atoms. The molecule has 5 heterocycles. The number of benzene rings is 16. The van der Waals surface area contributed by atoms with E-state index in [9.17, 15) is 11.0 Å². The first kappa shape index (κ1) is 64.9. The Morgan fingerprint density at radius 3 is 1.33 bits per heavy atom. The van der Waals surface area contributed by atoms with E-state index >= 15 is 0 Å². The van der Waals surface area contributed by atoms with Crippen molar-refractivity contribution >= 4 is 129 Å². The normalized spacial score (nSPS) is 15.6. The molecule has 0 N–H and O–H groups in total. The zero-order chi connectivity index (χ0) is 88.7. The maximum atomic E-state index is 10.1. The number of nitrogens with zero attached hydrogens (tertiary/aromatic N) is 6. The minimum absolute atomic E-state index is 0.00231. The molecule has 4 aliphatic rings. The van der Waals surface area contributed by atoms with Gasteiger partial charge in [0.2, 0.25) is 0 Å². The SMILES string of the molecule is [2H]c1c([2H])c([2H])c2c(c1[2H])c1c([2H])c([2H])c([2H])c([2H])c1n2-c1ccc2c(c1)N(c1c(-c3ccccc3)cc(C(C)(C)C)cc1-c1ccccc1)c1cc(-n3c4ccc(C(C)(C)C)cc4c4cc(C(C)(C)C)ccc43)cc3c1B2c1ccc(N(c2ccccc2)c2ccc(N4c5ccccc5C5C=CC=CC54)cc2)cc1N3c1cc(-c2ccccc2)cc(-c2ccccc2)c1. The zero-order valence-corrected chi connectivity index (χ0v) is 69.2. The second-order valence-electron chi connectivity index (χ2n) is 35.9. The van der Waals surface area contributed by atoms with Crippen LogP contribution in [0.25, 0.3) is 99.5 Å². The highest BCUT2D eigenvalue weighted by molar-refractivity contribution is 7.00. The van der Waals surface area contributed by atoms with Crippen molar-refractivity contribution in [2.45, 2.75) is 90.5 Å². The van der Waals surface area contributed by atoms with Crippen LogP contribution in [0.3, 0.4) is 0 Å². The van der Waals surface area contributed by atoms with Crippen molar-refractivity contribution in [3.63, 3.8) is 0 Å². The van der Waals surface area contributed by atoms with Crippen LogP contribution in [0, 0.1) is 0 Å². The summed E-state index contributed by atoms with van der Waals surface area (Å²) in [5.41, 5.74) is 28.7. The Balaban J connectivity index is 0.914. The molecule has 2 aromatic heterocycles. The van der Waals surface area contributed by atoms with Gasteiger partial charge in [0.1, 0.15) is 0 Å². The minimum atomic E-state index is -0.584. The van der Waals surface area contributed by atoms with E-state index in [1.54, 1.807) is 4.57 Å². The molecule has 121 heavy (non-hydrogen) atoms. The number of hydrogen-bond acceptors (Lipinski definition) is 4. The third-order valence-corrected chi connectivity index (χ3v) is 25.4. The van der Waals surface area contributed by atoms with Crippen LogP contribution in [0.1, 0.15) is 101 Å². The van der Waals surface area contributed by atoms with E-state index in [0.717, 1.165) is 151 Å². The average molecular weight is 1570 g/mol. The number of rotatable bonds is 12. The molecule has 2 atom stereocenters. The highest BCUT2D eigenvalue weighted by Gasteiger charge is 2.47. The van der Waals surface area contributed by atoms with Gasteiger partial charge in [0.05, 0.1) is 50.4 Å². The fourth-order valence-corrected chi connectivity index (χ4v) is 19.5. The molecule has 3 aliphatic heterocycles. The number of anilines is 11. The first-order chi connectivity index (χ1) is 62.2. The summed E-state index contributed by atoms with van der Waals surface area (Å²) in [6.45, 7) is 19.9. The summed E-state index contributed by atoms with van der Waals surface area (Å²) in [5.74, 6) is 0.209. The largest absolute Gasteiger partial charge is 0.333 e. The van der Waals surface area contributed by atoms with Gasteiger partial charge >= 0.3 is 0 Å². The van der Waals surface area contributed by atoms with E-state index in [1.807, 2.05) is 6.07 Å². The van der Waals surface area contributed by atoms with Crippen LogP contribution in [-0.2, 0) is 16.2 Å². The van der Waals surface area contributed by atoms with Crippen molar-refractivity contribution in [1.82, 2.24) is 9.13 Å². The molecule has 0 bridgehead atoms. The summed E-state index contributed by atoms with van der Waals surface area (Å²) in [6, 6.07) is 112. The molecule has 0 saturated heterocycles. The lowest BCUT2D eigenvalue weighted by Crippen LogP contribution is -2.61. The van der Waals surface area contributed by atoms with Crippen molar-refractivity contribution in [1.29, 1.82) is 0 Å². The molecule has 0 radical (unpaired) electrons. The maximum Gasteiger partial charge on any atom is 0.252 e.